The van der Waals surface area contributed by atoms with E-state index in [-0.39, 0.29) is 0 Å². The van der Waals surface area contributed by atoms with Gasteiger partial charge in [-0.05, 0) is 43.0 Å². The Morgan fingerprint density at radius 2 is 2.12 bits per heavy atom. The Morgan fingerprint density at radius 3 is 2.75 bits per heavy atom. The second kappa shape index (κ2) is 4.79. The van der Waals surface area contributed by atoms with Crippen LogP contribution in [0, 0.1) is 0 Å². The average molecular weight is 237 g/mol. The van der Waals surface area contributed by atoms with Gasteiger partial charge in [0.25, 0.3) is 0 Å². The lowest BCUT2D eigenvalue weighted by Crippen LogP contribution is -2.36. The van der Waals surface area contributed by atoms with Crippen LogP contribution in [0.4, 0.5) is 5.69 Å². The zero-order valence-electron chi connectivity index (χ0n) is 10.9. The second-order valence-electron chi connectivity index (χ2n) is 5.17. The Hall–Kier alpha value is -0.500. The summed E-state index contributed by atoms with van der Waals surface area (Å²) in [6, 6.07) is 0.686. The molecule has 1 aromatic heterocycles. The predicted molar refractivity (Wildman–Crippen MR) is 73.8 cm³/mol. The van der Waals surface area contributed by atoms with Crippen LogP contribution < -0.4 is 4.90 Å². The number of hydrogen-bond acceptors (Lipinski definition) is 2. The Bertz CT molecular complexity index is 354. The smallest absolute Gasteiger partial charge is 0.0545 e. The van der Waals surface area contributed by atoms with Gasteiger partial charge < -0.3 is 4.90 Å². The minimum absolute atomic E-state index is 0.657. The topological polar surface area (TPSA) is 3.24 Å². The third-order valence-electron chi connectivity index (χ3n) is 3.70. The lowest BCUT2D eigenvalue weighted by atomic mass is 9.98. The van der Waals surface area contributed by atoms with Crippen LogP contribution in [-0.2, 0) is 6.42 Å². The first-order valence-electron chi connectivity index (χ1n) is 6.52. The molecule has 1 aliphatic heterocycles. The highest BCUT2D eigenvalue weighted by Crippen LogP contribution is 2.40. The van der Waals surface area contributed by atoms with Crippen LogP contribution in [0.5, 0.6) is 0 Å². The number of hydrogen-bond donors (Lipinski definition) is 0. The molecule has 1 aromatic rings. The lowest BCUT2D eigenvalue weighted by molar-refractivity contribution is 0.579. The van der Waals surface area contributed by atoms with Gasteiger partial charge in [-0.15, -0.1) is 11.3 Å². The summed E-state index contributed by atoms with van der Waals surface area (Å²) in [7, 11) is 0. The molecule has 0 aliphatic carbocycles. The number of anilines is 1. The molecule has 2 heteroatoms. The highest BCUT2D eigenvalue weighted by atomic mass is 32.1. The predicted octanol–water partition coefficient (Wildman–Crippen LogP) is 4.42. The molecule has 16 heavy (non-hydrogen) atoms. The molecule has 1 unspecified atom stereocenters. The van der Waals surface area contributed by atoms with Crippen molar-refractivity contribution in [3.05, 3.63) is 15.8 Å². The van der Waals surface area contributed by atoms with E-state index in [1.807, 2.05) is 11.3 Å². The summed E-state index contributed by atoms with van der Waals surface area (Å²) in [4.78, 5) is 4.26. The Morgan fingerprint density at radius 1 is 1.38 bits per heavy atom. The van der Waals surface area contributed by atoms with Gasteiger partial charge in [0, 0.05) is 17.5 Å². The number of rotatable bonds is 3. The molecule has 2 heterocycles. The quantitative estimate of drug-likeness (QED) is 0.752. The van der Waals surface area contributed by atoms with Crippen molar-refractivity contribution in [2.75, 3.05) is 11.4 Å². The maximum absolute atomic E-state index is 2.64. The first kappa shape index (κ1) is 12.0. The molecular formula is C14H23NS. The van der Waals surface area contributed by atoms with Crippen molar-refractivity contribution < 1.29 is 0 Å². The first-order chi connectivity index (χ1) is 7.65. The highest BCUT2D eigenvalue weighted by molar-refractivity contribution is 7.10. The summed E-state index contributed by atoms with van der Waals surface area (Å²) >= 11 is 1.97. The van der Waals surface area contributed by atoms with Crippen molar-refractivity contribution in [2.24, 2.45) is 0 Å². The third-order valence-corrected chi connectivity index (χ3v) is 4.75. The van der Waals surface area contributed by atoms with Crippen molar-refractivity contribution in [1.82, 2.24) is 0 Å². The van der Waals surface area contributed by atoms with E-state index in [9.17, 15) is 0 Å². The molecule has 1 atom stereocenters. The summed E-state index contributed by atoms with van der Waals surface area (Å²) in [5, 5.41) is 2.38. The van der Waals surface area contributed by atoms with E-state index < -0.39 is 0 Å². The molecule has 0 fully saturated rings. The van der Waals surface area contributed by atoms with Crippen LogP contribution in [-0.4, -0.2) is 12.6 Å². The normalized spacial score (nSPS) is 17.7. The molecular weight excluding hydrogens is 214 g/mol. The van der Waals surface area contributed by atoms with Gasteiger partial charge in [0.2, 0.25) is 0 Å². The number of aryl methyl sites for hydroxylation is 1. The van der Waals surface area contributed by atoms with Gasteiger partial charge in [0.1, 0.15) is 0 Å². The van der Waals surface area contributed by atoms with E-state index in [0.717, 1.165) is 0 Å². The largest absolute Gasteiger partial charge is 0.368 e. The molecule has 1 nitrogen and oxygen atoms in total. The highest BCUT2D eigenvalue weighted by Gasteiger charge is 2.25. The van der Waals surface area contributed by atoms with Crippen LogP contribution >= 0.6 is 11.3 Å². The molecule has 0 aromatic carbocycles. The van der Waals surface area contributed by atoms with Crippen LogP contribution in [0.15, 0.2) is 5.38 Å². The summed E-state index contributed by atoms with van der Waals surface area (Å²) in [5.74, 6) is 0.657. The van der Waals surface area contributed by atoms with E-state index in [0.29, 0.717) is 12.0 Å². The minimum Gasteiger partial charge on any atom is -0.368 e. The molecule has 0 amide bonds. The second-order valence-corrected chi connectivity index (χ2v) is 6.14. The van der Waals surface area contributed by atoms with Gasteiger partial charge in [-0.2, -0.15) is 0 Å². The van der Waals surface area contributed by atoms with E-state index in [2.05, 4.69) is 38.0 Å². The minimum atomic E-state index is 0.657. The van der Waals surface area contributed by atoms with E-state index >= 15 is 0 Å². The van der Waals surface area contributed by atoms with Crippen LogP contribution in [0.3, 0.4) is 0 Å². The molecule has 0 saturated carbocycles. The molecule has 90 valence electrons. The SMILES string of the molecule is CCC(C)N1CCCc2scc(C(C)C)c21. The van der Waals surface area contributed by atoms with Gasteiger partial charge in [-0.25, -0.2) is 0 Å². The number of nitrogens with zero attached hydrogens (tertiary/aromatic N) is 1. The van der Waals surface area contributed by atoms with Crippen molar-refractivity contribution in [2.45, 2.75) is 58.9 Å². The van der Waals surface area contributed by atoms with Crippen LogP contribution in [0.25, 0.3) is 0 Å². The molecule has 0 saturated heterocycles. The summed E-state index contributed by atoms with van der Waals surface area (Å²) in [5.41, 5.74) is 3.15. The van der Waals surface area contributed by atoms with Crippen molar-refractivity contribution >= 4 is 17.0 Å². The Balaban J connectivity index is 2.38. The maximum Gasteiger partial charge on any atom is 0.0545 e. The zero-order chi connectivity index (χ0) is 11.7. The fourth-order valence-electron chi connectivity index (χ4n) is 2.50. The van der Waals surface area contributed by atoms with Gasteiger partial charge in [0.15, 0.2) is 0 Å². The molecule has 0 spiro atoms. The fraction of sp³-hybridized carbons (Fsp3) is 0.714. The average Bonchev–Trinajstić information content (AvgIpc) is 2.71. The number of thiophene rings is 1. The first-order valence-corrected chi connectivity index (χ1v) is 7.40. The Kier molecular flexibility index (Phi) is 3.58. The zero-order valence-corrected chi connectivity index (χ0v) is 11.7. The molecule has 0 radical (unpaired) electrons. The molecule has 0 N–H and O–H groups in total. The maximum atomic E-state index is 2.64. The van der Waals surface area contributed by atoms with Gasteiger partial charge in [-0.1, -0.05) is 20.8 Å². The van der Waals surface area contributed by atoms with Crippen LogP contribution in [0.2, 0.25) is 0 Å². The van der Waals surface area contributed by atoms with Gasteiger partial charge in [-0.3, -0.25) is 0 Å². The summed E-state index contributed by atoms with van der Waals surface area (Å²) in [6.45, 7) is 10.5. The molecule has 0 bridgehead atoms. The van der Waals surface area contributed by atoms with Crippen molar-refractivity contribution in [1.29, 1.82) is 0 Å². The van der Waals surface area contributed by atoms with Crippen molar-refractivity contribution in [3.63, 3.8) is 0 Å². The van der Waals surface area contributed by atoms with Gasteiger partial charge in [0.05, 0.1) is 5.69 Å². The summed E-state index contributed by atoms with van der Waals surface area (Å²) in [6.07, 6.45) is 3.86. The van der Waals surface area contributed by atoms with E-state index in [1.165, 1.54) is 25.8 Å². The lowest BCUT2D eigenvalue weighted by Gasteiger charge is -2.35. The fourth-order valence-corrected chi connectivity index (χ4v) is 3.76. The molecule has 2 rings (SSSR count). The monoisotopic (exact) mass is 237 g/mol. The van der Waals surface area contributed by atoms with Crippen LogP contribution in [0.1, 0.15) is 56.9 Å². The standard InChI is InChI=1S/C14H23NS/c1-5-11(4)15-8-6-7-13-14(15)12(9-16-13)10(2)3/h9-11H,5-8H2,1-4H3. The van der Waals surface area contributed by atoms with Crippen molar-refractivity contribution in [3.8, 4) is 0 Å². The Labute approximate surface area is 103 Å². The number of fused-ring (bicyclic) bond motifs is 1. The summed E-state index contributed by atoms with van der Waals surface area (Å²) < 4.78 is 0. The molecule has 1 aliphatic rings. The van der Waals surface area contributed by atoms with E-state index in [1.54, 1.807) is 16.1 Å². The third kappa shape index (κ3) is 2.00. The van der Waals surface area contributed by atoms with Gasteiger partial charge >= 0.3 is 0 Å². The van der Waals surface area contributed by atoms with E-state index in [4.69, 9.17) is 0 Å².